The molecule has 1 N–H and O–H groups in total. The summed E-state index contributed by atoms with van der Waals surface area (Å²) in [6, 6.07) is 9.61. The summed E-state index contributed by atoms with van der Waals surface area (Å²) in [6.45, 7) is 3.45. The number of hydrogen-bond donors (Lipinski definition) is 1. The van der Waals surface area contributed by atoms with Gasteiger partial charge in [-0.05, 0) is 55.9 Å². The summed E-state index contributed by atoms with van der Waals surface area (Å²) in [5.74, 6) is 0.797. The third kappa shape index (κ3) is 3.65. The van der Waals surface area contributed by atoms with E-state index in [9.17, 15) is 4.79 Å². The van der Waals surface area contributed by atoms with E-state index in [1.165, 1.54) is 17.6 Å². The molecule has 0 radical (unpaired) electrons. The van der Waals surface area contributed by atoms with Gasteiger partial charge in [-0.1, -0.05) is 23.2 Å². The zero-order valence-corrected chi connectivity index (χ0v) is 17.5. The number of nitrogens with zero attached hydrogens (tertiary/aromatic N) is 5. The van der Waals surface area contributed by atoms with Crippen molar-refractivity contribution in [1.82, 2.24) is 24.9 Å². The van der Waals surface area contributed by atoms with E-state index in [1.807, 2.05) is 42.2 Å². The van der Waals surface area contributed by atoms with Crippen LogP contribution in [0.4, 0.5) is 5.82 Å². The van der Waals surface area contributed by atoms with Crippen LogP contribution in [0.2, 0.25) is 5.02 Å². The second kappa shape index (κ2) is 7.40. The Labute approximate surface area is 180 Å². The predicted octanol–water partition coefficient (Wildman–Crippen LogP) is 3.73. The molecular formula is C22H23ClN6O. The van der Waals surface area contributed by atoms with Gasteiger partial charge in [-0.3, -0.25) is 4.79 Å². The first-order chi connectivity index (χ1) is 14.5. The molecule has 0 bridgehead atoms. The van der Waals surface area contributed by atoms with E-state index in [0.717, 1.165) is 24.3 Å². The molecule has 2 aromatic heterocycles. The van der Waals surface area contributed by atoms with Crippen molar-refractivity contribution in [2.24, 2.45) is 5.41 Å². The highest BCUT2D eigenvalue weighted by molar-refractivity contribution is 6.30. The van der Waals surface area contributed by atoms with Crippen LogP contribution in [-0.4, -0.2) is 49.9 Å². The van der Waals surface area contributed by atoms with Gasteiger partial charge in [-0.15, -0.1) is 0 Å². The molecule has 8 heteroatoms. The molecule has 1 saturated heterocycles. The summed E-state index contributed by atoms with van der Waals surface area (Å²) in [7, 11) is 0. The molecule has 1 spiro atoms. The zero-order valence-electron chi connectivity index (χ0n) is 16.8. The highest BCUT2D eigenvalue weighted by Crippen LogP contribution is 2.55. The normalized spacial score (nSPS) is 19.3. The number of hydrogen-bond acceptors (Lipinski definition) is 5. The molecule has 1 atom stereocenters. The highest BCUT2D eigenvalue weighted by Gasteiger charge is 2.53. The molecule has 1 amide bonds. The zero-order chi connectivity index (χ0) is 20.7. The lowest BCUT2D eigenvalue weighted by atomic mass is 10.0. The van der Waals surface area contributed by atoms with Gasteiger partial charge in [0.15, 0.2) is 0 Å². The third-order valence-corrected chi connectivity index (χ3v) is 6.32. The summed E-state index contributed by atoms with van der Waals surface area (Å²) >= 11 is 5.93. The summed E-state index contributed by atoms with van der Waals surface area (Å²) in [4.78, 5) is 21.5. The van der Waals surface area contributed by atoms with Crippen molar-refractivity contribution >= 4 is 23.3 Å². The first-order valence-corrected chi connectivity index (χ1v) is 10.5. The van der Waals surface area contributed by atoms with Crippen LogP contribution in [0.25, 0.3) is 5.69 Å². The van der Waals surface area contributed by atoms with Gasteiger partial charge in [0.25, 0.3) is 5.91 Å². The van der Waals surface area contributed by atoms with Crippen LogP contribution in [-0.2, 0) is 0 Å². The summed E-state index contributed by atoms with van der Waals surface area (Å²) in [5, 5.41) is 12.4. The third-order valence-electron chi connectivity index (χ3n) is 6.10. The Morgan fingerprint density at radius 1 is 1.23 bits per heavy atom. The van der Waals surface area contributed by atoms with Crippen LogP contribution < -0.4 is 5.32 Å². The molecule has 154 valence electrons. The van der Waals surface area contributed by atoms with Gasteiger partial charge in [0.05, 0.1) is 28.7 Å². The standard InChI is InChI=1S/C22H23ClN6O/c1-15-2-4-19(29-26-8-9-27-29)18(10-15)21(30)28-14-22(6-7-22)11-17(28)13-25-20-5-3-16(23)12-24-20/h2-5,8-10,12,17H,6-7,11,13-14H2,1H3,(H,24,25)/t17-/m0/s1. The molecule has 30 heavy (non-hydrogen) atoms. The van der Waals surface area contributed by atoms with Crippen LogP contribution in [0.3, 0.4) is 0 Å². The summed E-state index contributed by atoms with van der Waals surface area (Å²) in [6.07, 6.45) is 8.26. The number of benzene rings is 1. The van der Waals surface area contributed by atoms with Crippen molar-refractivity contribution in [1.29, 1.82) is 0 Å². The summed E-state index contributed by atoms with van der Waals surface area (Å²) < 4.78 is 0. The highest BCUT2D eigenvalue weighted by atomic mass is 35.5. The van der Waals surface area contributed by atoms with Crippen LogP contribution in [0, 0.1) is 12.3 Å². The van der Waals surface area contributed by atoms with E-state index in [1.54, 1.807) is 18.6 Å². The van der Waals surface area contributed by atoms with E-state index in [-0.39, 0.29) is 17.4 Å². The average molecular weight is 423 g/mol. The monoisotopic (exact) mass is 422 g/mol. The Balaban J connectivity index is 1.41. The lowest BCUT2D eigenvalue weighted by Crippen LogP contribution is -2.40. The van der Waals surface area contributed by atoms with Crippen LogP contribution in [0.5, 0.6) is 0 Å². The number of amides is 1. The first-order valence-electron chi connectivity index (χ1n) is 10.2. The van der Waals surface area contributed by atoms with Gasteiger partial charge in [0.2, 0.25) is 0 Å². The fourth-order valence-corrected chi connectivity index (χ4v) is 4.43. The Hall–Kier alpha value is -2.93. The minimum absolute atomic E-state index is 0.0330. The minimum Gasteiger partial charge on any atom is -0.368 e. The second-order valence-corrected chi connectivity index (χ2v) is 8.81. The first kappa shape index (κ1) is 19.1. The number of likely N-dealkylation sites (tertiary alicyclic amines) is 1. The molecule has 1 saturated carbocycles. The van der Waals surface area contributed by atoms with Crippen molar-refractivity contribution in [2.75, 3.05) is 18.4 Å². The Kier molecular flexibility index (Phi) is 4.70. The lowest BCUT2D eigenvalue weighted by molar-refractivity contribution is 0.0737. The van der Waals surface area contributed by atoms with Gasteiger partial charge >= 0.3 is 0 Å². The molecule has 2 aliphatic rings. The van der Waals surface area contributed by atoms with Crippen molar-refractivity contribution in [3.05, 3.63) is 65.1 Å². The Morgan fingerprint density at radius 2 is 2.03 bits per heavy atom. The van der Waals surface area contributed by atoms with Gasteiger partial charge < -0.3 is 10.2 Å². The molecular weight excluding hydrogens is 400 g/mol. The van der Waals surface area contributed by atoms with E-state index in [2.05, 4.69) is 20.5 Å². The summed E-state index contributed by atoms with van der Waals surface area (Å²) in [5.41, 5.74) is 2.66. The molecule has 1 aliphatic heterocycles. The van der Waals surface area contributed by atoms with E-state index >= 15 is 0 Å². The number of nitrogens with one attached hydrogen (secondary N) is 1. The van der Waals surface area contributed by atoms with Crippen molar-refractivity contribution in [2.45, 2.75) is 32.2 Å². The SMILES string of the molecule is Cc1ccc(-n2nccn2)c(C(=O)N2CC3(CC3)C[C@H]2CNc2ccc(Cl)cn2)c1. The van der Waals surface area contributed by atoms with Gasteiger partial charge in [0.1, 0.15) is 5.82 Å². The number of halogens is 1. The van der Waals surface area contributed by atoms with Gasteiger partial charge in [0, 0.05) is 25.3 Å². The van der Waals surface area contributed by atoms with Gasteiger partial charge in [-0.2, -0.15) is 15.0 Å². The maximum atomic E-state index is 13.7. The number of carbonyl (C=O) groups excluding carboxylic acids is 1. The van der Waals surface area contributed by atoms with E-state index in [4.69, 9.17) is 11.6 Å². The second-order valence-electron chi connectivity index (χ2n) is 8.37. The van der Waals surface area contributed by atoms with Crippen molar-refractivity contribution in [3.8, 4) is 5.69 Å². The topological polar surface area (TPSA) is 75.9 Å². The molecule has 0 unspecified atom stereocenters. The molecule has 2 fully saturated rings. The van der Waals surface area contributed by atoms with Crippen LogP contribution in [0.15, 0.2) is 48.9 Å². The number of pyridine rings is 1. The van der Waals surface area contributed by atoms with Crippen LogP contribution >= 0.6 is 11.6 Å². The maximum Gasteiger partial charge on any atom is 0.256 e. The molecule has 3 heterocycles. The largest absolute Gasteiger partial charge is 0.368 e. The van der Waals surface area contributed by atoms with Crippen molar-refractivity contribution in [3.63, 3.8) is 0 Å². The smallest absolute Gasteiger partial charge is 0.256 e. The number of aromatic nitrogens is 4. The maximum absolute atomic E-state index is 13.7. The van der Waals surface area contributed by atoms with Crippen molar-refractivity contribution < 1.29 is 4.79 Å². The minimum atomic E-state index is 0.0330. The molecule has 5 rings (SSSR count). The molecule has 3 aromatic rings. The number of anilines is 1. The Morgan fingerprint density at radius 3 is 2.73 bits per heavy atom. The lowest BCUT2D eigenvalue weighted by Gasteiger charge is -2.26. The molecule has 7 nitrogen and oxygen atoms in total. The van der Waals surface area contributed by atoms with Gasteiger partial charge in [-0.25, -0.2) is 4.98 Å². The number of carbonyl (C=O) groups is 1. The fraction of sp³-hybridized carbons (Fsp3) is 0.364. The number of aryl methyl sites for hydroxylation is 1. The fourth-order valence-electron chi connectivity index (χ4n) is 4.32. The van der Waals surface area contributed by atoms with Crippen LogP contribution in [0.1, 0.15) is 35.2 Å². The molecule has 1 aliphatic carbocycles. The Bertz CT molecular complexity index is 1060. The average Bonchev–Trinajstić information content (AvgIpc) is 3.14. The number of rotatable bonds is 5. The van der Waals surface area contributed by atoms with E-state index < -0.39 is 0 Å². The molecule has 1 aromatic carbocycles. The predicted molar refractivity (Wildman–Crippen MR) is 115 cm³/mol. The van der Waals surface area contributed by atoms with E-state index in [0.29, 0.717) is 22.8 Å². The quantitative estimate of drug-likeness (QED) is 0.678.